The Morgan fingerprint density at radius 2 is 1.64 bits per heavy atom. The smallest absolute Gasteiger partial charge is 0.408 e. The van der Waals surface area contributed by atoms with E-state index in [9.17, 15) is 24.0 Å². The Bertz CT molecular complexity index is 1070. The van der Waals surface area contributed by atoms with Crippen molar-refractivity contribution in [3.05, 3.63) is 34.9 Å². The van der Waals surface area contributed by atoms with Crippen LogP contribution in [-0.2, 0) is 28.7 Å². The fraction of sp³-hybridized carbons (Fsp3) is 0.645. The van der Waals surface area contributed by atoms with Crippen molar-refractivity contribution in [3.8, 4) is 0 Å². The van der Waals surface area contributed by atoms with Crippen molar-refractivity contribution in [1.29, 1.82) is 0 Å². The van der Waals surface area contributed by atoms with Gasteiger partial charge < -0.3 is 30.7 Å². The summed E-state index contributed by atoms with van der Waals surface area (Å²) in [6.07, 6.45) is 4.60. The number of rotatable bonds is 17. The van der Waals surface area contributed by atoms with Gasteiger partial charge in [0, 0.05) is 13.0 Å². The van der Waals surface area contributed by atoms with Crippen LogP contribution in [0.4, 0.5) is 4.79 Å². The Morgan fingerprint density at radius 3 is 2.24 bits per heavy atom. The first-order chi connectivity index (χ1) is 19.7. The molecule has 0 aromatic heterocycles. The summed E-state index contributed by atoms with van der Waals surface area (Å²) in [6, 6.07) is 3.17. The molecule has 1 rings (SSSR count). The first-order valence-corrected chi connectivity index (χ1v) is 14.7. The van der Waals surface area contributed by atoms with Gasteiger partial charge in [-0.05, 0) is 64.2 Å². The highest BCUT2D eigenvalue weighted by molar-refractivity contribution is 5.93. The second-order valence-corrected chi connectivity index (χ2v) is 11.5. The van der Waals surface area contributed by atoms with Gasteiger partial charge in [0.2, 0.25) is 17.7 Å². The normalized spacial score (nSPS) is 12.5. The Kier molecular flexibility index (Phi) is 15.6. The molecular weight excluding hydrogens is 540 g/mol. The molecule has 0 radical (unpaired) electrons. The van der Waals surface area contributed by atoms with Crippen LogP contribution in [0.25, 0.3) is 0 Å². The van der Waals surface area contributed by atoms with Crippen LogP contribution in [-0.4, -0.2) is 66.5 Å². The summed E-state index contributed by atoms with van der Waals surface area (Å²) < 4.78 is 10.1. The Morgan fingerprint density at radius 1 is 1.00 bits per heavy atom. The molecule has 11 nitrogen and oxygen atoms in total. The van der Waals surface area contributed by atoms with E-state index >= 15 is 0 Å². The number of ether oxygens (including phenoxy) is 2. The lowest BCUT2D eigenvalue weighted by Crippen LogP contribution is -2.53. The molecular formula is C31H50N4O7. The number of carbonyl (C=O) groups is 5. The molecule has 0 aliphatic rings. The molecule has 0 aliphatic carbocycles. The molecule has 0 saturated heterocycles. The average Bonchev–Trinajstić information content (AvgIpc) is 2.91. The van der Waals surface area contributed by atoms with Crippen LogP contribution in [0.2, 0.25) is 0 Å². The molecule has 2 atom stereocenters. The maximum absolute atomic E-state index is 14.3. The number of hydrogen-bond donors (Lipinski definition) is 3. The first-order valence-electron chi connectivity index (χ1n) is 14.7. The molecule has 236 valence electrons. The van der Waals surface area contributed by atoms with Crippen LogP contribution in [0, 0.1) is 13.8 Å². The van der Waals surface area contributed by atoms with Gasteiger partial charge in [0.15, 0.2) is 0 Å². The maximum Gasteiger partial charge on any atom is 0.408 e. The van der Waals surface area contributed by atoms with Gasteiger partial charge in [0.25, 0.3) is 0 Å². The van der Waals surface area contributed by atoms with Crippen LogP contribution in [0.1, 0.15) is 102 Å². The molecule has 0 fully saturated rings. The lowest BCUT2D eigenvalue weighted by Gasteiger charge is -2.35. The fourth-order valence-corrected chi connectivity index (χ4v) is 4.47. The van der Waals surface area contributed by atoms with E-state index in [0.29, 0.717) is 12.0 Å². The summed E-state index contributed by atoms with van der Waals surface area (Å²) in [6.45, 7) is 10.8. The number of benzene rings is 1. The second-order valence-electron chi connectivity index (χ2n) is 11.5. The third-order valence-electron chi connectivity index (χ3n) is 6.84. The SMILES string of the molecule is CCCCCCCCN(C(=O)C(CCC(N)=O)NC(=O)OC(C)(C)C)C(C(=O)NCC(=O)OC)c1cccc(C)c1C. The van der Waals surface area contributed by atoms with Crippen molar-refractivity contribution >= 4 is 29.8 Å². The summed E-state index contributed by atoms with van der Waals surface area (Å²) in [5, 5.41) is 5.19. The number of nitrogens with two attached hydrogens (primary N) is 1. The maximum atomic E-state index is 14.3. The molecule has 0 bridgehead atoms. The molecule has 0 heterocycles. The van der Waals surface area contributed by atoms with Gasteiger partial charge in [0.1, 0.15) is 24.2 Å². The minimum absolute atomic E-state index is 0.0797. The van der Waals surface area contributed by atoms with E-state index in [4.69, 9.17) is 10.5 Å². The zero-order valence-corrected chi connectivity index (χ0v) is 26.3. The molecule has 42 heavy (non-hydrogen) atoms. The summed E-state index contributed by atoms with van der Waals surface area (Å²) in [5.41, 5.74) is 6.88. The van der Waals surface area contributed by atoms with Crippen molar-refractivity contribution in [3.63, 3.8) is 0 Å². The average molecular weight is 591 g/mol. The van der Waals surface area contributed by atoms with Crippen molar-refractivity contribution in [2.24, 2.45) is 5.73 Å². The number of methoxy groups -OCH3 is 1. The second kappa shape index (κ2) is 18.0. The standard InChI is InChI=1S/C31H50N4O7/c1-8-9-10-11-12-13-19-35(29(39)24(17-18-25(32)36)34-30(40)42-31(4,5)6)27(28(38)33-20-26(37)41-7)23-16-14-15-21(2)22(23)3/h14-16,24,27H,8-13,17-20H2,1-7H3,(H2,32,36)(H,33,38)(H,34,40). The molecule has 11 heteroatoms. The quantitative estimate of drug-likeness (QED) is 0.183. The number of esters is 1. The number of carbonyl (C=O) groups excluding carboxylic acids is 5. The first kappa shape index (κ1) is 36.4. The van der Waals surface area contributed by atoms with E-state index < -0.39 is 47.5 Å². The van der Waals surface area contributed by atoms with E-state index in [-0.39, 0.29) is 25.9 Å². The molecule has 0 saturated carbocycles. The Hall–Kier alpha value is -3.63. The van der Waals surface area contributed by atoms with Gasteiger partial charge in [-0.15, -0.1) is 0 Å². The summed E-state index contributed by atoms with van der Waals surface area (Å²) in [7, 11) is 1.22. The van der Waals surface area contributed by atoms with Gasteiger partial charge in [0.05, 0.1) is 7.11 Å². The Labute approximate surface area is 250 Å². The summed E-state index contributed by atoms with van der Waals surface area (Å²) in [5.74, 6) is -2.40. The summed E-state index contributed by atoms with van der Waals surface area (Å²) >= 11 is 0. The number of amides is 4. The van der Waals surface area contributed by atoms with E-state index in [2.05, 4.69) is 22.3 Å². The molecule has 0 aliphatic heterocycles. The molecule has 1 aromatic carbocycles. The van der Waals surface area contributed by atoms with E-state index in [1.54, 1.807) is 32.9 Å². The number of unbranched alkanes of at least 4 members (excludes halogenated alkanes) is 5. The molecule has 1 aromatic rings. The predicted octanol–water partition coefficient (Wildman–Crippen LogP) is 3.98. The minimum Gasteiger partial charge on any atom is -0.468 e. The monoisotopic (exact) mass is 590 g/mol. The zero-order chi connectivity index (χ0) is 31.9. The summed E-state index contributed by atoms with van der Waals surface area (Å²) in [4.78, 5) is 65.7. The van der Waals surface area contributed by atoms with E-state index in [1.165, 1.54) is 12.0 Å². The van der Waals surface area contributed by atoms with Gasteiger partial charge in [-0.25, -0.2) is 4.79 Å². The predicted molar refractivity (Wildman–Crippen MR) is 160 cm³/mol. The van der Waals surface area contributed by atoms with Crippen LogP contribution in [0.3, 0.4) is 0 Å². The van der Waals surface area contributed by atoms with Gasteiger partial charge >= 0.3 is 12.1 Å². The third kappa shape index (κ3) is 12.9. The zero-order valence-electron chi connectivity index (χ0n) is 26.3. The molecule has 0 spiro atoms. The largest absolute Gasteiger partial charge is 0.468 e. The highest BCUT2D eigenvalue weighted by Crippen LogP contribution is 2.28. The highest BCUT2D eigenvalue weighted by atomic mass is 16.6. The molecule has 2 unspecified atom stereocenters. The van der Waals surface area contributed by atoms with Crippen LogP contribution < -0.4 is 16.4 Å². The molecule has 4 N–H and O–H groups in total. The van der Waals surface area contributed by atoms with Crippen molar-refractivity contribution in [1.82, 2.24) is 15.5 Å². The van der Waals surface area contributed by atoms with Gasteiger partial charge in [-0.3, -0.25) is 19.2 Å². The van der Waals surface area contributed by atoms with Gasteiger partial charge in [-0.1, -0.05) is 57.2 Å². The van der Waals surface area contributed by atoms with Gasteiger partial charge in [-0.2, -0.15) is 0 Å². The number of alkyl carbamates (subject to hydrolysis) is 1. The topological polar surface area (TPSA) is 157 Å². The number of hydrogen-bond acceptors (Lipinski definition) is 7. The minimum atomic E-state index is -1.19. The van der Waals surface area contributed by atoms with E-state index in [1.807, 2.05) is 19.9 Å². The third-order valence-corrected chi connectivity index (χ3v) is 6.84. The fourth-order valence-electron chi connectivity index (χ4n) is 4.47. The van der Waals surface area contributed by atoms with Crippen LogP contribution in [0.15, 0.2) is 18.2 Å². The van der Waals surface area contributed by atoms with E-state index in [0.717, 1.165) is 43.2 Å². The highest BCUT2D eigenvalue weighted by Gasteiger charge is 2.37. The van der Waals surface area contributed by atoms with Crippen LogP contribution in [0.5, 0.6) is 0 Å². The lowest BCUT2D eigenvalue weighted by molar-refractivity contribution is -0.145. The van der Waals surface area contributed by atoms with Crippen molar-refractivity contribution in [2.45, 2.75) is 111 Å². The number of primary amides is 1. The van der Waals surface area contributed by atoms with Crippen molar-refractivity contribution < 1.29 is 33.4 Å². The number of nitrogens with zero attached hydrogens (tertiary/aromatic N) is 1. The van der Waals surface area contributed by atoms with Crippen molar-refractivity contribution in [2.75, 3.05) is 20.2 Å². The molecule has 4 amide bonds. The van der Waals surface area contributed by atoms with Crippen LogP contribution >= 0.6 is 0 Å². The number of nitrogens with one attached hydrogen (secondary N) is 2. The number of aryl methyl sites for hydroxylation is 1. The lowest BCUT2D eigenvalue weighted by atomic mass is 9.94. The Balaban J connectivity index is 3.56.